The van der Waals surface area contributed by atoms with Crippen molar-refractivity contribution in [3.05, 3.63) is 53.1 Å². The maximum absolute atomic E-state index is 13.8. The van der Waals surface area contributed by atoms with Crippen LogP contribution in [-0.4, -0.2) is 11.1 Å². The van der Waals surface area contributed by atoms with Gasteiger partial charge in [-0.25, -0.2) is 13.6 Å². The summed E-state index contributed by atoms with van der Waals surface area (Å²) in [6, 6.07) is 6.14. The van der Waals surface area contributed by atoms with Gasteiger partial charge in [0.05, 0.1) is 5.56 Å². The fraction of sp³-hybridized carbons (Fsp3) is 0.0714. The van der Waals surface area contributed by atoms with Gasteiger partial charge in [-0.2, -0.15) is 0 Å². The summed E-state index contributed by atoms with van der Waals surface area (Å²) in [5, 5.41) is 8.91. The van der Waals surface area contributed by atoms with Crippen molar-refractivity contribution in [2.75, 3.05) is 5.73 Å². The van der Waals surface area contributed by atoms with Crippen LogP contribution in [0.15, 0.2) is 30.3 Å². The lowest BCUT2D eigenvalue weighted by Crippen LogP contribution is -2.04. The topological polar surface area (TPSA) is 72.5 Å². The minimum atomic E-state index is -1.32. The van der Waals surface area contributed by atoms with Crippen molar-refractivity contribution in [1.82, 2.24) is 0 Å². The third-order valence-corrected chi connectivity index (χ3v) is 2.71. The van der Waals surface area contributed by atoms with Crippen LogP contribution >= 0.6 is 0 Å². The van der Waals surface area contributed by atoms with Gasteiger partial charge in [0.25, 0.3) is 0 Å². The Kier molecular flexibility index (Phi) is 3.56. The summed E-state index contributed by atoms with van der Waals surface area (Å²) in [6.45, 7) is 1.53. The molecule has 0 aliphatic heterocycles. The fourth-order valence-electron chi connectivity index (χ4n) is 1.65. The van der Waals surface area contributed by atoms with Gasteiger partial charge in [-0.05, 0) is 18.6 Å². The highest BCUT2D eigenvalue weighted by Gasteiger charge is 2.16. The van der Waals surface area contributed by atoms with Crippen LogP contribution in [0.5, 0.6) is 11.5 Å². The second-order valence-electron chi connectivity index (χ2n) is 4.16. The molecule has 6 heteroatoms. The Morgan fingerprint density at radius 2 is 1.95 bits per heavy atom. The van der Waals surface area contributed by atoms with Crippen molar-refractivity contribution in [3.8, 4) is 11.5 Å². The number of hydrogen-bond acceptors (Lipinski definition) is 3. The number of carbonyl (C=O) groups is 1. The Hall–Kier alpha value is -2.63. The molecule has 0 aliphatic rings. The summed E-state index contributed by atoms with van der Waals surface area (Å²) in [6.07, 6.45) is 0. The average molecular weight is 279 g/mol. The van der Waals surface area contributed by atoms with E-state index in [0.717, 1.165) is 12.1 Å². The van der Waals surface area contributed by atoms with Gasteiger partial charge in [0.2, 0.25) is 0 Å². The van der Waals surface area contributed by atoms with Crippen molar-refractivity contribution < 1.29 is 23.4 Å². The molecule has 2 aromatic carbocycles. The van der Waals surface area contributed by atoms with Gasteiger partial charge >= 0.3 is 5.97 Å². The first-order valence-electron chi connectivity index (χ1n) is 5.65. The average Bonchev–Trinajstić information content (AvgIpc) is 2.37. The van der Waals surface area contributed by atoms with E-state index in [9.17, 15) is 13.6 Å². The Morgan fingerprint density at radius 3 is 2.60 bits per heavy atom. The third kappa shape index (κ3) is 2.54. The number of hydrogen-bond donors (Lipinski definition) is 2. The molecule has 0 atom stereocenters. The number of nitrogens with two attached hydrogens (primary N) is 1. The van der Waals surface area contributed by atoms with Crippen LogP contribution in [0.2, 0.25) is 0 Å². The van der Waals surface area contributed by atoms with Crippen molar-refractivity contribution in [1.29, 1.82) is 0 Å². The van der Waals surface area contributed by atoms with E-state index < -0.39 is 23.4 Å². The summed E-state index contributed by atoms with van der Waals surface area (Å²) in [5.74, 6) is -3.42. The fourth-order valence-corrected chi connectivity index (χ4v) is 1.65. The number of halogens is 2. The van der Waals surface area contributed by atoms with Gasteiger partial charge in [0.1, 0.15) is 0 Å². The van der Waals surface area contributed by atoms with Crippen molar-refractivity contribution >= 4 is 11.7 Å². The van der Waals surface area contributed by atoms with Gasteiger partial charge in [0.15, 0.2) is 23.1 Å². The molecule has 104 valence electrons. The maximum Gasteiger partial charge on any atom is 0.337 e. The minimum Gasteiger partial charge on any atom is -0.478 e. The summed E-state index contributed by atoms with van der Waals surface area (Å²) in [7, 11) is 0. The second-order valence-corrected chi connectivity index (χ2v) is 4.16. The zero-order chi connectivity index (χ0) is 14.9. The first-order chi connectivity index (χ1) is 9.40. The Labute approximate surface area is 113 Å². The molecule has 0 bridgehead atoms. The monoisotopic (exact) mass is 279 g/mol. The van der Waals surface area contributed by atoms with Crippen LogP contribution < -0.4 is 10.5 Å². The number of nitrogen functional groups attached to an aromatic ring is 1. The molecule has 0 amide bonds. The molecule has 0 aliphatic carbocycles. The van der Waals surface area contributed by atoms with Crippen LogP contribution in [-0.2, 0) is 0 Å². The van der Waals surface area contributed by atoms with E-state index in [2.05, 4.69) is 0 Å². The van der Waals surface area contributed by atoms with E-state index >= 15 is 0 Å². The molecule has 2 rings (SSSR count). The third-order valence-electron chi connectivity index (χ3n) is 2.71. The number of carboxylic acid groups (broad SMARTS) is 1. The highest BCUT2D eigenvalue weighted by atomic mass is 19.1. The molecule has 0 unspecified atom stereocenters. The quantitative estimate of drug-likeness (QED) is 0.845. The van der Waals surface area contributed by atoms with Crippen molar-refractivity contribution in [2.45, 2.75) is 6.92 Å². The predicted molar refractivity (Wildman–Crippen MR) is 69.0 cm³/mol. The first kappa shape index (κ1) is 13.8. The van der Waals surface area contributed by atoms with E-state index in [1.54, 1.807) is 6.07 Å². The van der Waals surface area contributed by atoms with Gasteiger partial charge in [-0.3, -0.25) is 0 Å². The van der Waals surface area contributed by atoms with Gasteiger partial charge in [-0.15, -0.1) is 0 Å². The Balaban J connectivity index is 2.46. The lowest BCUT2D eigenvalue weighted by molar-refractivity contribution is 0.0697. The number of ether oxygens (including phenoxy) is 1. The lowest BCUT2D eigenvalue weighted by atomic mass is 10.1. The molecule has 0 radical (unpaired) electrons. The minimum absolute atomic E-state index is 0.190. The molecule has 20 heavy (non-hydrogen) atoms. The summed E-state index contributed by atoms with van der Waals surface area (Å²) < 4.78 is 32.6. The summed E-state index contributed by atoms with van der Waals surface area (Å²) in [5.41, 5.74) is 5.18. The van der Waals surface area contributed by atoms with Crippen LogP contribution in [0, 0.1) is 18.6 Å². The van der Waals surface area contributed by atoms with Crippen molar-refractivity contribution in [3.63, 3.8) is 0 Å². The summed E-state index contributed by atoms with van der Waals surface area (Å²) >= 11 is 0. The second kappa shape index (κ2) is 5.16. The Morgan fingerprint density at radius 1 is 1.25 bits per heavy atom. The first-order valence-corrected chi connectivity index (χ1v) is 5.65. The largest absolute Gasteiger partial charge is 0.478 e. The van der Waals surface area contributed by atoms with E-state index in [4.69, 9.17) is 15.6 Å². The molecule has 0 spiro atoms. The number of anilines is 1. The Bertz CT molecular complexity index is 686. The lowest BCUT2D eigenvalue weighted by Gasteiger charge is -2.10. The normalized spacial score (nSPS) is 10.3. The molecule has 3 N–H and O–H groups in total. The molecule has 0 saturated carbocycles. The predicted octanol–water partition coefficient (Wildman–Crippen LogP) is 3.35. The molecular formula is C14H11F2NO3. The summed E-state index contributed by atoms with van der Waals surface area (Å²) in [4.78, 5) is 10.9. The van der Waals surface area contributed by atoms with Crippen molar-refractivity contribution in [2.24, 2.45) is 0 Å². The van der Waals surface area contributed by atoms with Gasteiger partial charge < -0.3 is 15.6 Å². The molecule has 2 aromatic rings. The van der Waals surface area contributed by atoms with Gasteiger partial charge in [0, 0.05) is 17.8 Å². The zero-order valence-electron chi connectivity index (χ0n) is 10.5. The van der Waals surface area contributed by atoms with Crippen LogP contribution in [0.1, 0.15) is 15.9 Å². The highest BCUT2D eigenvalue weighted by Crippen LogP contribution is 2.31. The standard InChI is InChI=1S/C14H11F2NO3/c1-7-3-2-4-11(13(7)16)20-12-5-8(14(18)19)10(17)6-9(12)15/h2-6H,17H2,1H3,(H,18,19). The van der Waals surface area contributed by atoms with E-state index in [1.807, 2.05) is 0 Å². The molecule has 0 saturated heterocycles. The van der Waals surface area contributed by atoms with Gasteiger partial charge in [-0.1, -0.05) is 12.1 Å². The van der Waals surface area contributed by atoms with Crippen LogP contribution in [0.4, 0.5) is 14.5 Å². The molecule has 4 nitrogen and oxygen atoms in total. The molecule has 0 aromatic heterocycles. The van der Waals surface area contributed by atoms with Crippen LogP contribution in [0.25, 0.3) is 0 Å². The van der Waals surface area contributed by atoms with E-state index in [0.29, 0.717) is 5.56 Å². The van der Waals surface area contributed by atoms with E-state index in [-0.39, 0.29) is 17.0 Å². The number of rotatable bonds is 3. The molecule has 0 heterocycles. The number of benzene rings is 2. The highest BCUT2D eigenvalue weighted by molar-refractivity contribution is 5.94. The smallest absolute Gasteiger partial charge is 0.337 e. The number of aryl methyl sites for hydroxylation is 1. The molecular weight excluding hydrogens is 268 g/mol. The SMILES string of the molecule is Cc1cccc(Oc2cc(C(=O)O)c(N)cc2F)c1F. The zero-order valence-corrected chi connectivity index (χ0v) is 10.5. The molecule has 0 fully saturated rings. The van der Waals surface area contributed by atoms with Crippen LogP contribution in [0.3, 0.4) is 0 Å². The maximum atomic E-state index is 13.8. The van der Waals surface area contributed by atoms with E-state index in [1.165, 1.54) is 19.1 Å². The number of carboxylic acids is 1. The number of aromatic carboxylic acids is 1.